The highest BCUT2D eigenvalue weighted by molar-refractivity contribution is 5.75. The van der Waals surface area contributed by atoms with Crippen LogP contribution in [0, 0.1) is 0 Å². The van der Waals surface area contributed by atoms with Crippen molar-refractivity contribution >= 4 is 12.0 Å². The summed E-state index contributed by atoms with van der Waals surface area (Å²) in [7, 11) is 0. The molecule has 0 aromatic rings. The number of urea groups is 1. The van der Waals surface area contributed by atoms with Gasteiger partial charge in [-0.25, -0.2) is 4.79 Å². The van der Waals surface area contributed by atoms with E-state index >= 15 is 0 Å². The Labute approximate surface area is 101 Å². The van der Waals surface area contributed by atoms with Crippen molar-refractivity contribution in [3.05, 3.63) is 12.2 Å². The lowest BCUT2D eigenvalue weighted by atomic mass is 10.2. The summed E-state index contributed by atoms with van der Waals surface area (Å²) in [6.07, 6.45) is -0.0976. The molecule has 17 heavy (non-hydrogen) atoms. The second-order valence-corrected chi connectivity index (χ2v) is 3.91. The van der Waals surface area contributed by atoms with Crippen molar-refractivity contribution in [3.8, 4) is 0 Å². The Kier molecular flexibility index (Phi) is 7.79. The number of carboxylic acid groups (broad SMARTS) is 1. The fraction of sp³-hybridized carbons (Fsp3) is 0.636. The van der Waals surface area contributed by atoms with Gasteiger partial charge in [0.2, 0.25) is 0 Å². The second kappa shape index (κ2) is 8.58. The van der Waals surface area contributed by atoms with E-state index in [0.717, 1.165) is 5.57 Å². The zero-order valence-electron chi connectivity index (χ0n) is 10.3. The predicted molar refractivity (Wildman–Crippen MR) is 63.9 cm³/mol. The molecule has 0 bridgehead atoms. The number of hydrogen-bond acceptors (Lipinski definition) is 3. The van der Waals surface area contributed by atoms with Crippen LogP contribution in [0.1, 0.15) is 20.3 Å². The minimum absolute atomic E-state index is 0.0976. The monoisotopic (exact) mass is 244 g/mol. The summed E-state index contributed by atoms with van der Waals surface area (Å²) in [5.74, 6) is -0.942. The van der Waals surface area contributed by atoms with Crippen LogP contribution >= 0.6 is 0 Å². The van der Waals surface area contributed by atoms with E-state index in [0.29, 0.717) is 19.8 Å². The molecule has 1 atom stereocenters. The number of amides is 2. The van der Waals surface area contributed by atoms with Crippen molar-refractivity contribution in [1.82, 2.24) is 10.6 Å². The van der Waals surface area contributed by atoms with Crippen LogP contribution in [0.3, 0.4) is 0 Å². The third kappa shape index (κ3) is 10.7. The molecule has 6 heteroatoms. The van der Waals surface area contributed by atoms with Gasteiger partial charge in [-0.05, 0) is 13.8 Å². The van der Waals surface area contributed by atoms with E-state index in [-0.39, 0.29) is 6.42 Å². The fourth-order valence-electron chi connectivity index (χ4n) is 1.07. The Morgan fingerprint density at radius 1 is 1.47 bits per heavy atom. The molecular weight excluding hydrogens is 224 g/mol. The van der Waals surface area contributed by atoms with Crippen LogP contribution in [-0.4, -0.2) is 42.9 Å². The summed E-state index contributed by atoms with van der Waals surface area (Å²) in [4.78, 5) is 21.6. The minimum atomic E-state index is -0.942. The molecule has 0 fully saturated rings. The van der Waals surface area contributed by atoms with Gasteiger partial charge in [0.05, 0.1) is 19.6 Å². The van der Waals surface area contributed by atoms with Crippen LogP contribution in [0.2, 0.25) is 0 Å². The third-order valence-electron chi connectivity index (χ3n) is 1.74. The number of nitrogens with one attached hydrogen (secondary N) is 2. The van der Waals surface area contributed by atoms with Gasteiger partial charge < -0.3 is 20.5 Å². The first-order valence-electron chi connectivity index (χ1n) is 5.40. The number of carbonyl (C=O) groups excluding carboxylic acids is 1. The number of hydrogen-bond donors (Lipinski definition) is 3. The molecule has 0 saturated heterocycles. The van der Waals surface area contributed by atoms with Gasteiger partial charge in [-0.15, -0.1) is 0 Å². The molecule has 0 saturated carbocycles. The summed E-state index contributed by atoms with van der Waals surface area (Å²) in [5, 5.41) is 13.6. The van der Waals surface area contributed by atoms with Crippen molar-refractivity contribution in [2.24, 2.45) is 0 Å². The van der Waals surface area contributed by atoms with E-state index in [9.17, 15) is 9.59 Å². The molecule has 1 unspecified atom stereocenters. The van der Waals surface area contributed by atoms with E-state index in [1.165, 1.54) is 0 Å². The highest BCUT2D eigenvalue weighted by Gasteiger charge is 2.09. The number of rotatable bonds is 8. The van der Waals surface area contributed by atoms with Crippen LogP contribution in [0.25, 0.3) is 0 Å². The highest BCUT2D eigenvalue weighted by Crippen LogP contribution is 1.90. The largest absolute Gasteiger partial charge is 0.481 e. The van der Waals surface area contributed by atoms with E-state index in [1.54, 1.807) is 6.92 Å². The van der Waals surface area contributed by atoms with Crippen molar-refractivity contribution in [2.75, 3.05) is 19.8 Å². The molecular formula is C11H20N2O4. The van der Waals surface area contributed by atoms with Crippen molar-refractivity contribution in [2.45, 2.75) is 26.3 Å². The average Bonchev–Trinajstić information content (AvgIpc) is 2.14. The Bertz CT molecular complexity index is 279. The zero-order chi connectivity index (χ0) is 13.3. The maximum absolute atomic E-state index is 11.2. The normalized spacial score (nSPS) is 11.6. The molecule has 6 nitrogen and oxygen atoms in total. The van der Waals surface area contributed by atoms with Crippen molar-refractivity contribution in [3.63, 3.8) is 0 Å². The van der Waals surface area contributed by atoms with Crippen LogP contribution < -0.4 is 10.6 Å². The maximum atomic E-state index is 11.2. The second-order valence-electron chi connectivity index (χ2n) is 3.91. The van der Waals surface area contributed by atoms with Gasteiger partial charge in [-0.1, -0.05) is 12.2 Å². The number of carbonyl (C=O) groups is 2. The van der Waals surface area contributed by atoms with Crippen LogP contribution in [-0.2, 0) is 9.53 Å². The Hall–Kier alpha value is -1.56. The first-order chi connectivity index (χ1) is 7.91. The van der Waals surface area contributed by atoms with E-state index in [4.69, 9.17) is 9.84 Å². The minimum Gasteiger partial charge on any atom is -0.481 e. The number of carboxylic acids is 1. The Morgan fingerprint density at radius 3 is 2.65 bits per heavy atom. The molecule has 0 aliphatic carbocycles. The van der Waals surface area contributed by atoms with E-state index in [2.05, 4.69) is 17.2 Å². The first kappa shape index (κ1) is 15.4. The number of aliphatic carboxylic acids is 1. The van der Waals surface area contributed by atoms with Gasteiger partial charge in [0.1, 0.15) is 0 Å². The smallest absolute Gasteiger partial charge is 0.315 e. The molecule has 0 aliphatic heterocycles. The summed E-state index contributed by atoms with van der Waals surface area (Å²) in [6.45, 7) is 8.40. The van der Waals surface area contributed by atoms with E-state index in [1.807, 2.05) is 6.92 Å². The maximum Gasteiger partial charge on any atom is 0.315 e. The summed E-state index contributed by atoms with van der Waals surface area (Å²) in [5.41, 5.74) is 0.921. The molecule has 0 heterocycles. The van der Waals surface area contributed by atoms with Gasteiger partial charge in [-0.2, -0.15) is 0 Å². The third-order valence-corrected chi connectivity index (χ3v) is 1.74. The van der Waals surface area contributed by atoms with Crippen molar-refractivity contribution in [1.29, 1.82) is 0 Å². The standard InChI is InChI=1S/C11H20N2O4/c1-8(2)7-17-5-4-12-11(16)13-9(3)6-10(14)15/h9H,1,4-7H2,2-3H3,(H,14,15)(H2,12,13,16). The van der Waals surface area contributed by atoms with Gasteiger partial charge >= 0.3 is 12.0 Å². The topological polar surface area (TPSA) is 87.7 Å². The first-order valence-corrected chi connectivity index (χ1v) is 5.40. The lowest BCUT2D eigenvalue weighted by Crippen LogP contribution is -2.42. The summed E-state index contributed by atoms with van der Waals surface area (Å²) >= 11 is 0. The average molecular weight is 244 g/mol. The predicted octanol–water partition coefficient (Wildman–Crippen LogP) is 0.741. The van der Waals surface area contributed by atoms with Gasteiger partial charge in [0.25, 0.3) is 0 Å². The molecule has 0 aromatic carbocycles. The molecule has 0 spiro atoms. The van der Waals surface area contributed by atoms with Gasteiger partial charge in [0, 0.05) is 12.6 Å². The lowest BCUT2D eigenvalue weighted by molar-refractivity contribution is -0.137. The van der Waals surface area contributed by atoms with Crippen LogP contribution in [0.5, 0.6) is 0 Å². The lowest BCUT2D eigenvalue weighted by Gasteiger charge is -2.12. The van der Waals surface area contributed by atoms with Crippen molar-refractivity contribution < 1.29 is 19.4 Å². The Balaban J connectivity index is 3.52. The quantitative estimate of drug-likeness (QED) is 0.434. The molecule has 0 aliphatic rings. The highest BCUT2D eigenvalue weighted by atomic mass is 16.5. The van der Waals surface area contributed by atoms with Crippen LogP contribution in [0.4, 0.5) is 4.79 Å². The summed E-state index contributed by atoms with van der Waals surface area (Å²) < 4.78 is 5.18. The SMILES string of the molecule is C=C(C)COCCNC(=O)NC(C)CC(=O)O. The Morgan fingerprint density at radius 2 is 2.12 bits per heavy atom. The molecule has 0 radical (unpaired) electrons. The molecule has 3 N–H and O–H groups in total. The van der Waals surface area contributed by atoms with E-state index < -0.39 is 18.0 Å². The molecule has 0 aromatic heterocycles. The summed E-state index contributed by atoms with van der Waals surface area (Å²) in [6, 6.07) is -0.790. The molecule has 2 amide bonds. The van der Waals surface area contributed by atoms with Gasteiger partial charge in [-0.3, -0.25) is 4.79 Å². The zero-order valence-corrected chi connectivity index (χ0v) is 10.3. The molecule has 98 valence electrons. The fourth-order valence-corrected chi connectivity index (χ4v) is 1.07. The number of ether oxygens (including phenoxy) is 1. The van der Waals surface area contributed by atoms with Crippen LogP contribution in [0.15, 0.2) is 12.2 Å². The van der Waals surface area contributed by atoms with Gasteiger partial charge in [0.15, 0.2) is 0 Å². The molecule has 0 rings (SSSR count).